The summed E-state index contributed by atoms with van der Waals surface area (Å²) < 4.78 is 5.41. The van der Waals surface area contributed by atoms with E-state index in [9.17, 15) is 9.59 Å². The number of amides is 2. The average molecular weight is 362 g/mol. The largest absolute Gasteiger partial charge is 0.449 e. The van der Waals surface area contributed by atoms with Crippen molar-refractivity contribution in [2.45, 2.75) is 18.9 Å². The summed E-state index contributed by atoms with van der Waals surface area (Å²) in [6, 6.07) is 4.63. The molecule has 0 bridgehead atoms. The molecule has 3 rings (SSSR count). The van der Waals surface area contributed by atoms with E-state index in [0.717, 1.165) is 19.4 Å². The van der Waals surface area contributed by atoms with Crippen LogP contribution in [0.5, 0.6) is 0 Å². The number of nitrogens with one attached hydrogen (secondary N) is 2. The Morgan fingerprint density at radius 3 is 2.74 bits per heavy atom. The summed E-state index contributed by atoms with van der Waals surface area (Å²) in [5.74, 6) is -1.02. The first-order valence-electron chi connectivity index (χ1n) is 6.62. The van der Waals surface area contributed by atoms with E-state index in [-0.39, 0.29) is 41.3 Å². The van der Waals surface area contributed by atoms with Gasteiger partial charge in [-0.1, -0.05) is 11.6 Å². The van der Waals surface area contributed by atoms with Gasteiger partial charge in [-0.05, 0) is 37.6 Å². The molecule has 2 aromatic rings. The maximum Gasteiger partial charge on any atom is 0.286 e. The fourth-order valence-electron chi connectivity index (χ4n) is 2.49. The third-order valence-corrected chi connectivity index (χ3v) is 3.73. The van der Waals surface area contributed by atoms with Crippen molar-refractivity contribution in [1.82, 2.24) is 5.32 Å². The quantitative estimate of drug-likeness (QED) is 0.763. The number of hydrogen-bond acceptors (Lipinski definition) is 4. The van der Waals surface area contributed by atoms with Crippen LogP contribution >= 0.6 is 24.0 Å². The molecule has 0 saturated carbocycles. The van der Waals surface area contributed by atoms with Crippen LogP contribution in [-0.4, -0.2) is 29.9 Å². The predicted molar refractivity (Wildman–Crippen MR) is 90.3 cm³/mol. The minimum Gasteiger partial charge on any atom is -0.449 e. The number of hydrogen-bond donors (Lipinski definition) is 3. The smallest absolute Gasteiger partial charge is 0.286 e. The number of fused-ring (bicyclic) bond motifs is 1. The Balaban J connectivity index is 0.00000132. The third-order valence-electron chi connectivity index (χ3n) is 3.50. The third kappa shape index (κ3) is 3.76. The molecule has 1 aliphatic heterocycles. The lowest BCUT2D eigenvalue weighted by molar-refractivity contribution is -0.117. The number of halogens is 2. The zero-order valence-corrected chi connectivity index (χ0v) is 13.6. The summed E-state index contributed by atoms with van der Waals surface area (Å²) in [7, 11) is 0. The second-order valence-corrected chi connectivity index (χ2v) is 5.39. The van der Waals surface area contributed by atoms with Crippen LogP contribution < -0.4 is 16.4 Å². The molecular weight excluding hydrogens is 345 g/mol. The van der Waals surface area contributed by atoms with Crippen molar-refractivity contribution in [1.29, 1.82) is 0 Å². The molecule has 1 aromatic heterocycles. The van der Waals surface area contributed by atoms with Crippen molar-refractivity contribution >= 4 is 52.5 Å². The van der Waals surface area contributed by atoms with E-state index in [1.165, 1.54) is 0 Å². The van der Waals surface area contributed by atoms with Gasteiger partial charge < -0.3 is 26.3 Å². The van der Waals surface area contributed by atoms with E-state index in [1.54, 1.807) is 18.2 Å². The number of benzene rings is 1. The van der Waals surface area contributed by atoms with E-state index < -0.39 is 5.91 Å². The highest BCUT2D eigenvalue weighted by Gasteiger charge is 2.26. The molecular formula is C14H17Cl2N3O4. The lowest BCUT2D eigenvalue weighted by Crippen LogP contribution is -2.35. The molecule has 1 fully saturated rings. The molecule has 0 radical (unpaired) electrons. The lowest BCUT2D eigenvalue weighted by Gasteiger charge is -2.10. The lowest BCUT2D eigenvalue weighted by atomic mass is 10.2. The number of anilines is 1. The Hall–Kier alpha value is -1.80. The van der Waals surface area contributed by atoms with Crippen molar-refractivity contribution in [2.24, 2.45) is 5.73 Å². The van der Waals surface area contributed by atoms with E-state index in [1.807, 2.05) is 0 Å². The molecule has 9 heteroatoms. The summed E-state index contributed by atoms with van der Waals surface area (Å²) >= 11 is 5.96. The molecule has 7 nitrogen and oxygen atoms in total. The second kappa shape index (κ2) is 7.65. The minimum atomic E-state index is -0.739. The molecule has 0 spiro atoms. The first-order valence-corrected chi connectivity index (χ1v) is 7.00. The average Bonchev–Trinajstić information content (AvgIpc) is 3.07. The summed E-state index contributed by atoms with van der Waals surface area (Å²) in [5, 5.41) is 6.86. The van der Waals surface area contributed by atoms with E-state index in [2.05, 4.69) is 10.6 Å². The van der Waals surface area contributed by atoms with Gasteiger partial charge in [0.05, 0.1) is 6.04 Å². The van der Waals surface area contributed by atoms with E-state index in [4.69, 9.17) is 21.8 Å². The normalized spacial score (nSPS) is 16.5. The zero-order valence-electron chi connectivity index (χ0n) is 12.0. The van der Waals surface area contributed by atoms with Gasteiger partial charge in [0.15, 0.2) is 0 Å². The Kier molecular flexibility index (Phi) is 6.40. The maximum atomic E-state index is 12.2. The predicted octanol–water partition coefficient (Wildman–Crippen LogP) is 1.47. The monoisotopic (exact) mass is 361 g/mol. The number of carbonyl (C=O) groups is 2. The first-order chi connectivity index (χ1) is 10.1. The van der Waals surface area contributed by atoms with Crippen LogP contribution in [0.2, 0.25) is 5.02 Å². The van der Waals surface area contributed by atoms with Crippen molar-refractivity contribution < 1.29 is 19.5 Å². The van der Waals surface area contributed by atoms with E-state index >= 15 is 0 Å². The molecule has 1 aromatic carbocycles. The SMILES string of the molecule is Cl.NC(=O)c1oc2ccc(Cl)cc2c1NC(=O)[C@@H]1CCCN1.O. The van der Waals surface area contributed by atoms with Gasteiger partial charge in [-0.2, -0.15) is 0 Å². The molecule has 0 unspecified atom stereocenters. The van der Waals surface area contributed by atoms with Gasteiger partial charge >= 0.3 is 0 Å². The van der Waals surface area contributed by atoms with Gasteiger partial charge in [-0.3, -0.25) is 9.59 Å². The molecule has 23 heavy (non-hydrogen) atoms. The Labute approximate surface area is 143 Å². The number of rotatable bonds is 3. The van der Waals surface area contributed by atoms with Crippen LogP contribution in [0.1, 0.15) is 23.4 Å². The standard InChI is InChI=1S/C14H14ClN3O3.ClH.H2O/c15-7-3-4-10-8(6-7)11(12(21-10)13(16)19)18-14(20)9-2-1-5-17-9;;/h3-4,6,9,17H,1-2,5H2,(H2,16,19)(H,18,20);1H;1H2/t9-;;/m0../s1. The minimum absolute atomic E-state index is 0. The van der Waals surface area contributed by atoms with Crippen LogP contribution in [0.15, 0.2) is 22.6 Å². The van der Waals surface area contributed by atoms with Crippen LogP contribution in [0.25, 0.3) is 11.0 Å². The molecule has 6 N–H and O–H groups in total. The summed E-state index contributed by atoms with van der Waals surface area (Å²) in [6.07, 6.45) is 1.70. The fraction of sp³-hybridized carbons (Fsp3) is 0.286. The molecule has 1 aliphatic rings. The number of carbonyl (C=O) groups excluding carboxylic acids is 2. The van der Waals surface area contributed by atoms with Crippen LogP contribution in [0.4, 0.5) is 5.69 Å². The maximum absolute atomic E-state index is 12.2. The van der Waals surface area contributed by atoms with Crippen molar-refractivity contribution in [2.75, 3.05) is 11.9 Å². The summed E-state index contributed by atoms with van der Waals surface area (Å²) in [4.78, 5) is 23.7. The first kappa shape index (κ1) is 19.2. The van der Waals surface area contributed by atoms with Crippen molar-refractivity contribution in [3.8, 4) is 0 Å². The van der Waals surface area contributed by atoms with Gasteiger partial charge in [0.25, 0.3) is 5.91 Å². The van der Waals surface area contributed by atoms with Gasteiger partial charge in [0.2, 0.25) is 11.7 Å². The van der Waals surface area contributed by atoms with Crippen LogP contribution in [0.3, 0.4) is 0 Å². The van der Waals surface area contributed by atoms with Crippen LogP contribution in [-0.2, 0) is 4.79 Å². The van der Waals surface area contributed by atoms with Gasteiger partial charge in [-0.15, -0.1) is 12.4 Å². The number of primary amides is 1. The molecule has 0 aliphatic carbocycles. The van der Waals surface area contributed by atoms with Crippen molar-refractivity contribution in [3.05, 3.63) is 29.0 Å². The highest BCUT2D eigenvalue weighted by Crippen LogP contribution is 2.33. The molecule has 1 atom stereocenters. The van der Waals surface area contributed by atoms with Crippen molar-refractivity contribution in [3.63, 3.8) is 0 Å². The molecule has 1 saturated heterocycles. The zero-order chi connectivity index (χ0) is 15.0. The topological polar surface area (TPSA) is 129 Å². The van der Waals surface area contributed by atoms with Gasteiger partial charge in [0, 0.05) is 10.4 Å². The fourth-order valence-corrected chi connectivity index (χ4v) is 2.66. The van der Waals surface area contributed by atoms with Gasteiger partial charge in [-0.25, -0.2) is 0 Å². The van der Waals surface area contributed by atoms with Crippen LogP contribution in [0, 0.1) is 0 Å². The number of furan rings is 1. The molecule has 126 valence electrons. The highest BCUT2D eigenvalue weighted by molar-refractivity contribution is 6.31. The Morgan fingerprint density at radius 1 is 1.39 bits per heavy atom. The summed E-state index contributed by atoms with van der Waals surface area (Å²) in [5.41, 5.74) is 6.04. The molecule has 2 heterocycles. The Morgan fingerprint density at radius 2 is 2.13 bits per heavy atom. The second-order valence-electron chi connectivity index (χ2n) is 4.95. The summed E-state index contributed by atoms with van der Waals surface area (Å²) in [6.45, 7) is 0.804. The number of nitrogens with two attached hydrogens (primary N) is 1. The van der Waals surface area contributed by atoms with E-state index in [0.29, 0.717) is 16.0 Å². The highest BCUT2D eigenvalue weighted by atomic mass is 35.5. The van der Waals surface area contributed by atoms with Gasteiger partial charge in [0.1, 0.15) is 11.3 Å². The Bertz CT molecular complexity index is 726. The molecule has 2 amide bonds.